The van der Waals surface area contributed by atoms with Crippen molar-refractivity contribution in [3.63, 3.8) is 0 Å². The third-order valence-electron chi connectivity index (χ3n) is 0.530. The molecule has 1 atom stereocenters. The average Bonchev–Trinajstić information content (AvgIpc) is 1.69. The van der Waals surface area contributed by atoms with Gasteiger partial charge in [-0.25, -0.2) is 0 Å². The maximum absolute atomic E-state index is 10.4. The SMILES string of the molecule is [O-][S+]1C=CC=CS1. The number of rotatable bonds is 0. The second-order valence-corrected chi connectivity index (χ2v) is 3.83. The summed E-state index contributed by atoms with van der Waals surface area (Å²) in [5, 5.41) is 3.47. The topological polar surface area (TPSA) is 23.1 Å². The summed E-state index contributed by atoms with van der Waals surface area (Å²) in [5.74, 6) is 0. The largest absolute Gasteiger partial charge is 0.600 e. The number of allylic oxidation sites excluding steroid dienone is 2. The fourth-order valence-electron chi connectivity index (χ4n) is 0.274. The van der Waals surface area contributed by atoms with Gasteiger partial charge in [0.25, 0.3) is 0 Å². The lowest BCUT2D eigenvalue weighted by Gasteiger charge is -1.98. The summed E-state index contributed by atoms with van der Waals surface area (Å²) in [7, 11) is 0.532. The fourth-order valence-corrected chi connectivity index (χ4v) is 1.73. The van der Waals surface area contributed by atoms with Crippen molar-refractivity contribution in [1.82, 2.24) is 0 Å². The maximum atomic E-state index is 10.4. The molecule has 0 saturated heterocycles. The summed E-state index contributed by atoms with van der Waals surface area (Å²) >= 11 is 0. The Labute approximate surface area is 49.1 Å². The molecule has 0 bridgehead atoms. The summed E-state index contributed by atoms with van der Waals surface area (Å²) in [5.41, 5.74) is 0. The first-order chi connectivity index (χ1) is 3.39. The van der Waals surface area contributed by atoms with Crippen molar-refractivity contribution in [3.05, 3.63) is 23.0 Å². The molecule has 0 saturated carbocycles. The monoisotopic (exact) mass is 132 g/mol. The molecule has 0 aromatic heterocycles. The zero-order valence-corrected chi connectivity index (χ0v) is 5.17. The van der Waals surface area contributed by atoms with E-state index in [9.17, 15) is 4.55 Å². The van der Waals surface area contributed by atoms with Crippen LogP contribution < -0.4 is 0 Å². The van der Waals surface area contributed by atoms with E-state index in [4.69, 9.17) is 0 Å². The van der Waals surface area contributed by atoms with E-state index in [1.165, 1.54) is 10.8 Å². The van der Waals surface area contributed by atoms with E-state index >= 15 is 0 Å². The molecule has 1 aliphatic rings. The highest BCUT2D eigenvalue weighted by Crippen LogP contribution is 2.18. The minimum atomic E-state index is -0.791. The zero-order chi connectivity index (χ0) is 5.11. The van der Waals surface area contributed by atoms with Crippen LogP contribution in [0, 0.1) is 0 Å². The Bertz CT molecular complexity index is 108. The highest BCUT2D eigenvalue weighted by Gasteiger charge is 2.00. The molecule has 38 valence electrons. The molecule has 1 heterocycles. The normalized spacial score (nSPS) is 28.4. The van der Waals surface area contributed by atoms with Gasteiger partial charge in [-0.1, -0.05) is 0 Å². The molecule has 1 nitrogen and oxygen atoms in total. The fraction of sp³-hybridized carbons (Fsp3) is 0. The van der Waals surface area contributed by atoms with Gasteiger partial charge in [-0.15, -0.1) is 0 Å². The van der Waals surface area contributed by atoms with Gasteiger partial charge >= 0.3 is 0 Å². The number of hydrogen-bond acceptors (Lipinski definition) is 2. The lowest BCUT2D eigenvalue weighted by atomic mass is 10.6. The van der Waals surface area contributed by atoms with Crippen LogP contribution in [0.25, 0.3) is 0 Å². The molecule has 1 rings (SSSR count). The van der Waals surface area contributed by atoms with Crippen LogP contribution in [-0.4, -0.2) is 4.55 Å². The van der Waals surface area contributed by atoms with Gasteiger partial charge < -0.3 is 4.55 Å². The molecule has 0 fully saturated rings. The molecular formula is C4H4OS2. The van der Waals surface area contributed by atoms with E-state index < -0.39 is 10.2 Å². The van der Waals surface area contributed by atoms with Crippen molar-refractivity contribution >= 4 is 21.0 Å². The van der Waals surface area contributed by atoms with Crippen molar-refractivity contribution in [1.29, 1.82) is 0 Å². The van der Waals surface area contributed by atoms with Crippen molar-refractivity contribution in [3.8, 4) is 0 Å². The van der Waals surface area contributed by atoms with Crippen molar-refractivity contribution in [2.75, 3.05) is 0 Å². The van der Waals surface area contributed by atoms with E-state index in [-0.39, 0.29) is 0 Å². The van der Waals surface area contributed by atoms with Crippen molar-refractivity contribution in [2.24, 2.45) is 0 Å². The molecule has 7 heavy (non-hydrogen) atoms. The van der Waals surface area contributed by atoms with Gasteiger partial charge in [0.2, 0.25) is 0 Å². The van der Waals surface area contributed by atoms with E-state index in [1.807, 2.05) is 11.5 Å². The highest BCUT2D eigenvalue weighted by molar-refractivity contribution is 8.74. The van der Waals surface area contributed by atoms with E-state index in [0.717, 1.165) is 0 Å². The van der Waals surface area contributed by atoms with Gasteiger partial charge in [0, 0.05) is 5.41 Å². The maximum Gasteiger partial charge on any atom is 0.130 e. The summed E-state index contributed by atoms with van der Waals surface area (Å²) < 4.78 is 10.4. The van der Waals surface area contributed by atoms with Gasteiger partial charge in [-0.2, -0.15) is 0 Å². The quantitative estimate of drug-likeness (QED) is 0.367. The Morgan fingerprint density at radius 3 is 2.57 bits per heavy atom. The Balaban J connectivity index is 2.49. The first-order valence-electron chi connectivity index (χ1n) is 1.80. The average molecular weight is 132 g/mol. The van der Waals surface area contributed by atoms with Crippen LogP contribution in [0.1, 0.15) is 0 Å². The zero-order valence-electron chi connectivity index (χ0n) is 3.53. The lowest BCUT2D eigenvalue weighted by Crippen LogP contribution is -1.85. The van der Waals surface area contributed by atoms with E-state index in [2.05, 4.69) is 0 Å². The summed E-state index contributed by atoms with van der Waals surface area (Å²) in [4.78, 5) is 0. The first-order valence-corrected chi connectivity index (χ1v) is 4.41. The smallest absolute Gasteiger partial charge is 0.130 e. The highest BCUT2D eigenvalue weighted by atomic mass is 33.1. The second-order valence-electron chi connectivity index (χ2n) is 1.01. The Morgan fingerprint density at radius 2 is 2.29 bits per heavy atom. The molecule has 1 unspecified atom stereocenters. The van der Waals surface area contributed by atoms with Crippen molar-refractivity contribution in [2.45, 2.75) is 0 Å². The third-order valence-corrected chi connectivity index (χ3v) is 2.60. The van der Waals surface area contributed by atoms with Crippen LogP contribution in [0.3, 0.4) is 0 Å². The first kappa shape index (κ1) is 5.28. The predicted molar refractivity (Wildman–Crippen MR) is 34.0 cm³/mol. The molecule has 0 radical (unpaired) electrons. The third kappa shape index (κ3) is 1.59. The Hall–Kier alpha value is 0.140. The van der Waals surface area contributed by atoms with Crippen LogP contribution in [0.2, 0.25) is 0 Å². The van der Waals surface area contributed by atoms with Crippen LogP contribution >= 0.6 is 10.8 Å². The van der Waals surface area contributed by atoms with Gasteiger partial charge in [-0.3, -0.25) is 0 Å². The van der Waals surface area contributed by atoms with Crippen LogP contribution in [0.5, 0.6) is 0 Å². The minimum absolute atomic E-state index is 0.791. The van der Waals surface area contributed by atoms with Crippen LogP contribution in [0.4, 0.5) is 0 Å². The molecule has 0 spiro atoms. The van der Waals surface area contributed by atoms with Gasteiger partial charge in [0.05, 0.1) is 10.2 Å². The minimum Gasteiger partial charge on any atom is -0.600 e. The van der Waals surface area contributed by atoms with Crippen LogP contribution in [-0.2, 0) is 10.2 Å². The van der Waals surface area contributed by atoms with Gasteiger partial charge in [0.15, 0.2) is 0 Å². The molecule has 0 N–H and O–H groups in total. The van der Waals surface area contributed by atoms with E-state index in [0.29, 0.717) is 0 Å². The summed E-state index contributed by atoms with van der Waals surface area (Å²) in [6.45, 7) is 0. The molecule has 0 aromatic carbocycles. The van der Waals surface area contributed by atoms with E-state index in [1.54, 1.807) is 11.5 Å². The molecule has 3 heteroatoms. The summed E-state index contributed by atoms with van der Waals surface area (Å²) in [6, 6.07) is 0. The Kier molecular flexibility index (Phi) is 1.85. The molecule has 0 aromatic rings. The van der Waals surface area contributed by atoms with Crippen LogP contribution in [0.15, 0.2) is 23.0 Å². The Morgan fingerprint density at radius 1 is 1.43 bits per heavy atom. The molecule has 0 aliphatic carbocycles. The molecular weight excluding hydrogens is 128 g/mol. The van der Waals surface area contributed by atoms with Gasteiger partial charge in [0.1, 0.15) is 16.2 Å². The molecule has 1 aliphatic heterocycles. The summed E-state index contributed by atoms with van der Waals surface area (Å²) in [6.07, 6.45) is 3.65. The standard InChI is InChI=1S/C4H4OS2/c5-7-4-2-1-3-6-7/h1-4H. The van der Waals surface area contributed by atoms with Crippen molar-refractivity contribution < 1.29 is 4.55 Å². The van der Waals surface area contributed by atoms with Gasteiger partial charge in [-0.05, 0) is 12.2 Å². The number of hydrogen-bond donors (Lipinski definition) is 0. The lowest BCUT2D eigenvalue weighted by molar-refractivity contribution is 0.617. The predicted octanol–water partition coefficient (Wildman–Crippen LogP) is 1.42. The molecule has 0 amide bonds. The second kappa shape index (κ2) is 2.45.